The first-order valence-corrected chi connectivity index (χ1v) is 11.3. The lowest BCUT2D eigenvalue weighted by molar-refractivity contribution is -0.128. The highest BCUT2D eigenvalue weighted by molar-refractivity contribution is 7.99. The molecule has 32 heavy (non-hydrogen) atoms. The van der Waals surface area contributed by atoms with E-state index in [1.165, 1.54) is 17.3 Å². The number of carbonyl (C=O) groups excluding carboxylic acids is 2. The van der Waals surface area contributed by atoms with Gasteiger partial charge in [0, 0.05) is 11.1 Å². The summed E-state index contributed by atoms with van der Waals surface area (Å²) in [6.45, 7) is 6.02. The third-order valence-corrected chi connectivity index (χ3v) is 6.08. The van der Waals surface area contributed by atoms with E-state index in [9.17, 15) is 9.59 Å². The fraction of sp³-hybridized carbons (Fsp3) is 0.304. The van der Waals surface area contributed by atoms with Crippen molar-refractivity contribution >= 4 is 23.6 Å². The number of carbonyl (C=O) groups is 2. The van der Waals surface area contributed by atoms with E-state index in [0.717, 1.165) is 23.4 Å². The first-order valence-electron chi connectivity index (χ1n) is 10.3. The Bertz CT molecular complexity index is 1160. The molecule has 2 amide bonds. The van der Waals surface area contributed by atoms with Crippen LogP contribution in [0.2, 0.25) is 0 Å². The molecule has 1 aliphatic rings. The van der Waals surface area contributed by atoms with Gasteiger partial charge in [0.05, 0.1) is 5.75 Å². The van der Waals surface area contributed by atoms with E-state index in [-0.39, 0.29) is 23.8 Å². The monoisotopic (exact) mass is 451 g/mol. The van der Waals surface area contributed by atoms with Crippen molar-refractivity contribution in [3.05, 3.63) is 59.7 Å². The van der Waals surface area contributed by atoms with Gasteiger partial charge in [-0.2, -0.15) is 0 Å². The normalized spacial score (nSPS) is 13.6. The maximum absolute atomic E-state index is 12.2. The summed E-state index contributed by atoms with van der Waals surface area (Å²) in [7, 11) is 0. The van der Waals surface area contributed by atoms with Gasteiger partial charge in [-0.05, 0) is 50.5 Å². The third kappa shape index (κ3) is 4.77. The molecule has 0 spiro atoms. The lowest BCUT2D eigenvalue weighted by Gasteiger charge is -2.34. The van der Waals surface area contributed by atoms with Crippen molar-refractivity contribution in [1.29, 1.82) is 0 Å². The van der Waals surface area contributed by atoms with Crippen LogP contribution in [0.4, 0.5) is 0 Å². The quantitative estimate of drug-likeness (QED) is 0.442. The van der Waals surface area contributed by atoms with Gasteiger partial charge in [0.15, 0.2) is 17.6 Å². The van der Waals surface area contributed by atoms with Crippen LogP contribution >= 0.6 is 11.8 Å². The summed E-state index contributed by atoms with van der Waals surface area (Å²) < 4.78 is 7.51. The third-order valence-electron chi connectivity index (χ3n) is 5.15. The molecule has 2 heterocycles. The number of rotatable bonds is 6. The first kappa shape index (κ1) is 21.9. The van der Waals surface area contributed by atoms with Crippen molar-refractivity contribution in [2.75, 3.05) is 12.4 Å². The number of nitrogens with zero attached hydrogens (tertiary/aromatic N) is 3. The molecule has 9 heteroatoms. The van der Waals surface area contributed by atoms with E-state index >= 15 is 0 Å². The smallest absolute Gasteiger partial charge is 0.276 e. The van der Waals surface area contributed by atoms with Crippen LogP contribution in [0.3, 0.4) is 0 Å². The summed E-state index contributed by atoms with van der Waals surface area (Å²) in [5.74, 6) is 0.714. The zero-order valence-electron chi connectivity index (χ0n) is 18.2. The second-order valence-electron chi connectivity index (χ2n) is 8.28. The average molecular weight is 452 g/mol. The molecule has 0 bridgehead atoms. The van der Waals surface area contributed by atoms with Crippen LogP contribution in [-0.4, -0.2) is 38.9 Å². The SMILES string of the molecule is Cc1cccc(OCC(=O)NNC(=O)CSc2nnc3n2C(C)(C)Cc2ccccc2-3)c1. The predicted octanol–water partition coefficient (Wildman–Crippen LogP) is 2.86. The lowest BCUT2D eigenvalue weighted by Crippen LogP contribution is -2.44. The minimum Gasteiger partial charge on any atom is -0.484 e. The van der Waals surface area contributed by atoms with Gasteiger partial charge in [-0.1, -0.05) is 48.2 Å². The summed E-state index contributed by atoms with van der Waals surface area (Å²) in [6, 6.07) is 15.6. The Morgan fingerprint density at radius 1 is 1.09 bits per heavy atom. The van der Waals surface area contributed by atoms with Crippen LogP contribution in [0.25, 0.3) is 11.4 Å². The molecule has 2 aromatic carbocycles. The number of aromatic nitrogens is 3. The van der Waals surface area contributed by atoms with Crippen LogP contribution in [0.15, 0.2) is 53.7 Å². The van der Waals surface area contributed by atoms with Crippen molar-refractivity contribution < 1.29 is 14.3 Å². The molecule has 3 aromatic rings. The maximum Gasteiger partial charge on any atom is 0.276 e. The van der Waals surface area contributed by atoms with Crippen LogP contribution in [0.5, 0.6) is 5.75 Å². The fourth-order valence-electron chi connectivity index (χ4n) is 3.72. The molecular formula is C23H25N5O3S. The van der Waals surface area contributed by atoms with Crippen LogP contribution in [0.1, 0.15) is 25.0 Å². The zero-order chi connectivity index (χ0) is 22.7. The highest BCUT2D eigenvalue weighted by Crippen LogP contribution is 2.39. The summed E-state index contributed by atoms with van der Waals surface area (Å²) in [5.41, 5.74) is 7.91. The molecular weight excluding hydrogens is 426 g/mol. The minimum atomic E-state index is -0.442. The second-order valence-corrected chi connectivity index (χ2v) is 9.22. The van der Waals surface area contributed by atoms with Gasteiger partial charge >= 0.3 is 0 Å². The van der Waals surface area contributed by atoms with Gasteiger partial charge in [0.2, 0.25) is 5.91 Å². The van der Waals surface area contributed by atoms with Gasteiger partial charge < -0.3 is 4.74 Å². The molecule has 8 nitrogen and oxygen atoms in total. The number of amides is 2. The molecule has 166 valence electrons. The van der Waals surface area contributed by atoms with Gasteiger partial charge in [-0.3, -0.25) is 25.0 Å². The Kier molecular flexibility index (Phi) is 6.18. The van der Waals surface area contributed by atoms with Gasteiger partial charge in [-0.25, -0.2) is 0 Å². The van der Waals surface area contributed by atoms with Gasteiger partial charge in [0.1, 0.15) is 5.75 Å². The van der Waals surface area contributed by atoms with E-state index in [0.29, 0.717) is 10.9 Å². The first-order chi connectivity index (χ1) is 15.3. The van der Waals surface area contributed by atoms with Crippen molar-refractivity contribution in [3.63, 3.8) is 0 Å². The number of hydrogen-bond acceptors (Lipinski definition) is 6. The average Bonchev–Trinajstić information content (AvgIpc) is 3.20. The van der Waals surface area contributed by atoms with Gasteiger partial charge in [0.25, 0.3) is 5.91 Å². The number of benzene rings is 2. The Hall–Kier alpha value is -3.33. The standard InChI is InChI=1S/C23H25N5O3S/c1-15-7-6-9-17(11-15)31-13-19(29)24-25-20(30)14-32-22-27-26-21-18-10-5-4-8-16(18)12-23(2,3)28(21)22/h4-11H,12-14H2,1-3H3,(H,24,29)(H,25,30). The fourth-order valence-corrected chi connectivity index (χ4v) is 4.61. The molecule has 1 aliphatic heterocycles. The lowest BCUT2D eigenvalue weighted by atomic mass is 9.87. The van der Waals surface area contributed by atoms with Crippen LogP contribution in [0, 0.1) is 6.92 Å². The van der Waals surface area contributed by atoms with Crippen molar-refractivity contribution in [1.82, 2.24) is 25.6 Å². The number of ether oxygens (including phenoxy) is 1. The number of aryl methyl sites for hydroxylation is 1. The molecule has 0 saturated heterocycles. The van der Waals surface area contributed by atoms with Crippen LogP contribution in [-0.2, 0) is 21.5 Å². The molecule has 0 fully saturated rings. The number of fused-ring (bicyclic) bond motifs is 3. The topological polar surface area (TPSA) is 98.1 Å². The predicted molar refractivity (Wildman–Crippen MR) is 122 cm³/mol. The zero-order valence-corrected chi connectivity index (χ0v) is 19.0. The van der Waals surface area contributed by atoms with Crippen molar-refractivity contribution in [3.8, 4) is 17.1 Å². The molecule has 0 saturated carbocycles. The molecule has 0 atom stereocenters. The Morgan fingerprint density at radius 2 is 1.88 bits per heavy atom. The maximum atomic E-state index is 12.2. The van der Waals surface area contributed by atoms with Crippen molar-refractivity contribution in [2.24, 2.45) is 0 Å². The highest BCUT2D eigenvalue weighted by Gasteiger charge is 2.34. The molecule has 0 radical (unpaired) electrons. The number of thioether (sulfide) groups is 1. The summed E-state index contributed by atoms with van der Waals surface area (Å²) in [4.78, 5) is 24.2. The minimum absolute atomic E-state index is 0.0921. The molecule has 0 unspecified atom stereocenters. The second kappa shape index (κ2) is 9.04. The molecule has 2 N–H and O–H groups in total. The van der Waals surface area contributed by atoms with Crippen molar-refractivity contribution in [2.45, 2.75) is 37.9 Å². The largest absolute Gasteiger partial charge is 0.484 e. The highest BCUT2D eigenvalue weighted by atomic mass is 32.2. The Labute approximate surface area is 190 Å². The van der Waals surface area contributed by atoms with E-state index < -0.39 is 5.91 Å². The number of hydrogen-bond donors (Lipinski definition) is 2. The molecule has 1 aromatic heterocycles. The Balaban J connectivity index is 1.31. The summed E-state index contributed by atoms with van der Waals surface area (Å²) >= 11 is 1.29. The van der Waals surface area contributed by atoms with Gasteiger partial charge in [-0.15, -0.1) is 10.2 Å². The summed E-state index contributed by atoms with van der Waals surface area (Å²) in [5, 5.41) is 9.37. The molecule has 0 aliphatic carbocycles. The number of nitrogens with one attached hydrogen (secondary N) is 2. The molecule has 4 rings (SSSR count). The number of hydrazine groups is 1. The summed E-state index contributed by atoms with van der Waals surface area (Å²) in [6.07, 6.45) is 0.852. The Morgan fingerprint density at radius 3 is 2.69 bits per heavy atom. The van der Waals surface area contributed by atoms with Crippen LogP contribution < -0.4 is 15.6 Å². The van der Waals surface area contributed by atoms with E-state index in [1.807, 2.05) is 43.3 Å². The van der Waals surface area contributed by atoms with E-state index in [2.05, 4.69) is 45.5 Å². The van der Waals surface area contributed by atoms with E-state index in [1.54, 1.807) is 6.07 Å². The van der Waals surface area contributed by atoms with E-state index in [4.69, 9.17) is 4.74 Å².